The fraction of sp³-hybridized carbons (Fsp3) is 0.350. The van der Waals surface area contributed by atoms with Crippen LogP contribution in [0.2, 0.25) is 0 Å². The number of ether oxygens (including phenoxy) is 1. The zero-order valence-corrected chi connectivity index (χ0v) is 15.3. The Labute approximate surface area is 161 Å². The molecular weight excluding hydrogens is 362 g/mol. The second kappa shape index (κ2) is 7.12. The third kappa shape index (κ3) is 3.27. The van der Waals surface area contributed by atoms with E-state index in [-0.39, 0.29) is 18.8 Å². The molecule has 2 aliphatic rings. The minimum Gasteiger partial charge on any atom is -0.447 e. The van der Waals surface area contributed by atoms with Crippen LogP contribution in [-0.4, -0.2) is 35.8 Å². The number of hydrogen-bond acceptors (Lipinski definition) is 6. The Bertz CT molecular complexity index is 932. The molecule has 0 radical (unpaired) electrons. The summed E-state index contributed by atoms with van der Waals surface area (Å²) in [6.45, 7) is 0.789. The number of aryl methyl sites for hydroxylation is 1. The fourth-order valence-corrected chi connectivity index (χ4v) is 3.94. The van der Waals surface area contributed by atoms with Gasteiger partial charge in [0.1, 0.15) is 12.2 Å². The fourth-order valence-electron chi connectivity index (χ4n) is 3.94. The van der Waals surface area contributed by atoms with Gasteiger partial charge in [0.25, 0.3) is 5.69 Å². The number of fused-ring (bicyclic) bond motifs is 1. The predicted octanol–water partition coefficient (Wildman–Crippen LogP) is 3.19. The molecule has 2 N–H and O–H groups in total. The van der Waals surface area contributed by atoms with Crippen molar-refractivity contribution < 1.29 is 19.6 Å². The second-order valence-electron chi connectivity index (χ2n) is 7.12. The first-order valence-electron chi connectivity index (χ1n) is 9.25. The lowest BCUT2D eigenvalue weighted by atomic mass is 9.79. The molecule has 1 aliphatic carbocycles. The summed E-state index contributed by atoms with van der Waals surface area (Å²) in [4.78, 5) is 24.0. The number of carbonyl (C=O) groups excluding carboxylic acids is 1. The van der Waals surface area contributed by atoms with Crippen LogP contribution in [0.15, 0.2) is 42.5 Å². The van der Waals surface area contributed by atoms with Crippen LogP contribution in [0.3, 0.4) is 0 Å². The van der Waals surface area contributed by atoms with Gasteiger partial charge in [-0.15, -0.1) is 0 Å². The largest absolute Gasteiger partial charge is 0.447 e. The van der Waals surface area contributed by atoms with Gasteiger partial charge in [0.15, 0.2) is 0 Å². The molecule has 28 heavy (non-hydrogen) atoms. The van der Waals surface area contributed by atoms with E-state index in [9.17, 15) is 20.0 Å². The number of rotatable bonds is 5. The van der Waals surface area contributed by atoms with Crippen LogP contribution in [0.1, 0.15) is 24.0 Å². The summed E-state index contributed by atoms with van der Waals surface area (Å²) < 4.78 is 4.98. The van der Waals surface area contributed by atoms with Crippen molar-refractivity contribution in [3.63, 3.8) is 0 Å². The average molecular weight is 383 g/mol. The molecule has 0 saturated carbocycles. The summed E-state index contributed by atoms with van der Waals surface area (Å²) in [5.74, 6) is 0. The van der Waals surface area contributed by atoms with Gasteiger partial charge in [0, 0.05) is 18.7 Å². The van der Waals surface area contributed by atoms with Crippen LogP contribution in [-0.2, 0) is 16.8 Å². The number of benzene rings is 2. The van der Waals surface area contributed by atoms with E-state index in [1.165, 1.54) is 17.0 Å². The Morgan fingerprint density at radius 1 is 1.29 bits per heavy atom. The summed E-state index contributed by atoms with van der Waals surface area (Å²) in [7, 11) is 0. The molecule has 0 aromatic heterocycles. The quantitative estimate of drug-likeness (QED) is 0.607. The topological polar surface area (TPSA) is 105 Å². The van der Waals surface area contributed by atoms with E-state index in [1.54, 1.807) is 6.07 Å². The first-order chi connectivity index (χ1) is 13.5. The van der Waals surface area contributed by atoms with Crippen molar-refractivity contribution in [1.82, 2.24) is 0 Å². The number of cyclic esters (lactones) is 1. The predicted molar refractivity (Wildman–Crippen MR) is 104 cm³/mol. The third-order valence-corrected chi connectivity index (χ3v) is 5.37. The molecule has 1 heterocycles. The van der Waals surface area contributed by atoms with Crippen molar-refractivity contribution in [3.05, 3.63) is 63.7 Å². The molecule has 1 amide bonds. The van der Waals surface area contributed by atoms with Crippen molar-refractivity contribution in [1.29, 1.82) is 0 Å². The van der Waals surface area contributed by atoms with E-state index >= 15 is 0 Å². The van der Waals surface area contributed by atoms with Gasteiger partial charge in [-0.25, -0.2) is 4.79 Å². The highest BCUT2D eigenvalue weighted by Gasteiger charge is 2.35. The monoisotopic (exact) mass is 383 g/mol. The first kappa shape index (κ1) is 18.2. The summed E-state index contributed by atoms with van der Waals surface area (Å²) in [6.07, 6.45) is 1.89. The molecule has 0 spiro atoms. The van der Waals surface area contributed by atoms with Crippen molar-refractivity contribution in [2.24, 2.45) is 0 Å². The van der Waals surface area contributed by atoms with Gasteiger partial charge in [-0.1, -0.05) is 24.3 Å². The van der Waals surface area contributed by atoms with Crippen molar-refractivity contribution in [2.75, 3.05) is 29.9 Å². The number of amides is 1. The van der Waals surface area contributed by atoms with Gasteiger partial charge in [0.2, 0.25) is 0 Å². The summed E-state index contributed by atoms with van der Waals surface area (Å²) in [5.41, 5.74) is 1.80. The second-order valence-corrected chi connectivity index (χ2v) is 7.12. The van der Waals surface area contributed by atoms with Crippen molar-refractivity contribution in [2.45, 2.75) is 24.9 Å². The van der Waals surface area contributed by atoms with E-state index in [4.69, 9.17) is 4.74 Å². The summed E-state index contributed by atoms with van der Waals surface area (Å²) in [6, 6.07) is 12.1. The normalized spacial score (nSPS) is 21.2. The van der Waals surface area contributed by atoms with Crippen LogP contribution < -0.4 is 10.2 Å². The lowest BCUT2D eigenvalue weighted by Gasteiger charge is -2.35. The molecule has 1 unspecified atom stereocenters. The number of nitro groups is 1. The molecule has 1 atom stereocenters. The summed E-state index contributed by atoms with van der Waals surface area (Å²) in [5, 5.41) is 25.6. The van der Waals surface area contributed by atoms with Crippen LogP contribution in [0.4, 0.5) is 21.9 Å². The van der Waals surface area contributed by atoms with Crippen LogP contribution >= 0.6 is 0 Å². The molecule has 2 aromatic rings. The standard InChI is InChI=1S/C20H21N3O5/c24-19-22(10-11-28-19)18-12-15(23(26)27)7-8-17(18)21-13-20(25)9-3-5-14-4-1-2-6-16(14)20/h1-2,4,6-8,12,21,25H,3,5,9-11,13H2. The number of non-ortho nitro benzene ring substituents is 1. The SMILES string of the molecule is O=C1OCCN1c1cc([N+](=O)[O-])ccc1NCC1(O)CCCc2ccccc21. The van der Waals surface area contributed by atoms with E-state index < -0.39 is 16.6 Å². The maximum Gasteiger partial charge on any atom is 0.414 e. The van der Waals surface area contributed by atoms with E-state index in [0.717, 1.165) is 24.0 Å². The Balaban J connectivity index is 1.63. The highest BCUT2D eigenvalue weighted by molar-refractivity contribution is 5.94. The smallest absolute Gasteiger partial charge is 0.414 e. The van der Waals surface area contributed by atoms with Gasteiger partial charge >= 0.3 is 6.09 Å². The number of nitrogens with one attached hydrogen (secondary N) is 1. The Morgan fingerprint density at radius 3 is 2.86 bits per heavy atom. The maximum atomic E-state index is 12.0. The Kier molecular flexibility index (Phi) is 4.64. The number of nitro benzene ring substituents is 1. The van der Waals surface area contributed by atoms with E-state index in [2.05, 4.69) is 5.32 Å². The van der Waals surface area contributed by atoms with Gasteiger partial charge in [-0.3, -0.25) is 15.0 Å². The van der Waals surface area contributed by atoms with Gasteiger partial charge in [-0.2, -0.15) is 0 Å². The number of anilines is 2. The molecule has 0 bridgehead atoms. The molecule has 8 heteroatoms. The van der Waals surface area contributed by atoms with Gasteiger partial charge < -0.3 is 15.2 Å². The molecule has 8 nitrogen and oxygen atoms in total. The van der Waals surface area contributed by atoms with Crippen LogP contribution in [0.25, 0.3) is 0 Å². The van der Waals surface area contributed by atoms with E-state index in [1.807, 2.05) is 24.3 Å². The molecule has 4 rings (SSSR count). The maximum absolute atomic E-state index is 12.0. The number of hydrogen-bond donors (Lipinski definition) is 2. The molecule has 2 aromatic carbocycles. The van der Waals surface area contributed by atoms with Crippen LogP contribution in [0.5, 0.6) is 0 Å². The number of nitrogens with zero attached hydrogens (tertiary/aromatic N) is 2. The number of aliphatic hydroxyl groups is 1. The minimum absolute atomic E-state index is 0.109. The highest BCUT2D eigenvalue weighted by atomic mass is 16.6. The number of carbonyl (C=O) groups is 1. The summed E-state index contributed by atoms with van der Waals surface area (Å²) >= 11 is 0. The zero-order valence-electron chi connectivity index (χ0n) is 15.3. The minimum atomic E-state index is -1.04. The molecule has 146 valence electrons. The third-order valence-electron chi connectivity index (χ3n) is 5.37. The molecular formula is C20H21N3O5. The van der Waals surface area contributed by atoms with E-state index in [0.29, 0.717) is 24.3 Å². The van der Waals surface area contributed by atoms with Crippen LogP contribution in [0, 0.1) is 10.1 Å². The Hall–Kier alpha value is -3.13. The van der Waals surface area contributed by atoms with Gasteiger partial charge in [-0.05, 0) is 36.5 Å². The Morgan fingerprint density at radius 2 is 2.11 bits per heavy atom. The molecule has 1 aliphatic heterocycles. The van der Waals surface area contributed by atoms with Crippen molar-refractivity contribution >= 4 is 23.2 Å². The van der Waals surface area contributed by atoms with Crippen molar-refractivity contribution in [3.8, 4) is 0 Å². The zero-order chi connectivity index (χ0) is 19.7. The molecule has 1 fully saturated rings. The molecule has 1 saturated heterocycles. The highest BCUT2D eigenvalue weighted by Crippen LogP contribution is 2.37. The first-order valence-corrected chi connectivity index (χ1v) is 9.25. The lowest BCUT2D eigenvalue weighted by molar-refractivity contribution is -0.384. The lowest BCUT2D eigenvalue weighted by Crippen LogP contribution is -2.38. The van der Waals surface area contributed by atoms with Gasteiger partial charge in [0.05, 0.1) is 22.8 Å². The average Bonchev–Trinajstić information content (AvgIpc) is 3.12.